The number of carbonyl (C=O) groups excluding carboxylic acids is 1. The van der Waals surface area contributed by atoms with Gasteiger partial charge in [0.2, 0.25) is 12.7 Å². The van der Waals surface area contributed by atoms with Crippen molar-refractivity contribution < 1.29 is 14.3 Å². The van der Waals surface area contributed by atoms with Crippen molar-refractivity contribution in [1.82, 2.24) is 15.5 Å². The van der Waals surface area contributed by atoms with Gasteiger partial charge in [-0.15, -0.1) is 0 Å². The predicted octanol–water partition coefficient (Wildman–Crippen LogP) is 4.51. The molecule has 2 heterocycles. The van der Waals surface area contributed by atoms with Crippen LogP contribution in [0.4, 0.5) is 0 Å². The summed E-state index contributed by atoms with van der Waals surface area (Å²) in [5, 5.41) is 9.54. The minimum atomic E-state index is 0.256. The molecule has 2 N–H and O–H groups in total. The minimum absolute atomic E-state index is 0.256. The van der Waals surface area contributed by atoms with E-state index >= 15 is 0 Å². The Labute approximate surface area is 214 Å². The lowest BCUT2D eigenvalue weighted by Crippen LogP contribution is -2.41. The van der Waals surface area contributed by atoms with Crippen LogP contribution in [0.1, 0.15) is 36.8 Å². The lowest BCUT2D eigenvalue weighted by molar-refractivity contribution is -0.131. The zero-order chi connectivity index (χ0) is 24.6. The van der Waals surface area contributed by atoms with Gasteiger partial charge < -0.3 is 25.0 Å². The number of benzene rings is 3. The van der Waals surface area contributed by atoms with Gasteiger partial charge in [-0.2, -0.15) is 0 Å². The Morgan fingerprint density at radius 3 is 2.56 bits per heavy atom. The molecule has 2 aliphatic heterocycles. The number of unbranched alkanes of at least 4 members (excludes halogenated alkanes) is 1. The molecule has 6 nitrogen and oxygen atoms in total. The molecule has 0 aromatic heterocycles. The van der Waals surface area contributed by atoms with Gasteiger partial charge in [0.05, 0.1) is 6.42 Å². The maximum atomic E-state index is 12.9. The van der Waals surface area contributed by atoms with E-state index in [2.05, 4.69) is 58.0 Å². The lowest BCUT2D eigenvalue weighted by atomic mass is 9.95. The molecule has 3 aromatic rings. The number of amides is 1. The second-order valence-electron chi connectivity index (χ2n) is 9.91. The maximum absolute atomic E-state index is 12.9. The molecule has 0 spiro atoms. The van der Waals surface area contributed by atoms with Crippen LogP contribution in [0.2, 0.25) is 0 Å². The molecule has 3 aromatic carbocycles. The summed E-state index contributed by atoms with van der Waals surface area (Å²) < 4.78 is 10.8. The fraction of sp³-hybridized carbons (Fsp3) is 0.433. The molecule has 1 amide bonds. The van der Waals surface area contributed by atoms with Gasteiger partial charge in [0.15, 0.2) is 11.5 Å². The van der Waals surface area contributed by atoms with Crippen LogP contribution in [0.15, 0.2) is 60.7 Å². The largest absolute Gasteiger partial charge is 0.454 e. The Kier molecular flexibility index (Phi) is 8.36. The predicted molar refractivity (Wildman–Crippen MR) is 143 cm³/mol. The molecule has 0 bridgehead atoms. The monoisotopic (exact) mass is 487 g/mol. The van der Waals surface area contributed by atoms with Crippen molar-refractivity contribution in [2.45, 2.75) is 38.6 Å². The smallest absolute Gasteiger partial charge is 0.231 e. The number of rotatable bonds is 11. The molecule has 0 unspecified atom stereocenters. The zero-order valence-electron chi connectivity index (χ0n) is 21.0. The van der Waals surface area contributed by atoms with Crippen LogP contribution in [-0.2, 0) is 17.8 Å². The average molecular weight is 488 g/mol. The fourth-order valence-electron chi connectivity index (χ4n) is 5.20. The molecule has 2 aliphatic rings. The number of hydrogen-bond donors (Lipinski definition) is 2. The fourth-order valence-corrected chi connectivity index (χ4v) is 5.20. The topological polar surface area (TPSA) is 62.8 Å². The number of hydrogen-bond acceptors (Lipinski definition) is 5. The van der Waals surface area contributed by atoms with Crippen molar-refractivity contribution >= 4 is 16.7 Å². The van der Waals surface area contributed by atoms with E-state index in [-0.39, 0.29) is 5.91 Å². The van der Waals surface area contributed by atoms with Gasteiger partial charge >= 0.3 is 0 Å². The Morgan fingerprint density at radius 1 is 0.889 bits per heavy atom. The number of nitrogens with zero attached hydrogens (tertiary/aromatic N) is 1. The van der Waals surface area contributed by atoms with E-state index in [0.717, 1.165) is 82.0 Å². The van der Waals surface area contributed by atoms with E-state index in [1.54, 1.807) is 0 Å². The first-order chi connectivity index (χ1) is 17.8. The summed E-state index contributed by atoms with van der Waals surface area (Å²) in [6.45, 7) is 6.03. The summed E-state index contributed by atoms with van der Waals surface area (Å²) in [6, 6.07) is 20.7. The van der Waals surface area contributed by atoms with Crippen molar-refractivity contribution in [1.29, 1.82) is 0 Å². The number of ether oxygens (including phenoxy) is 2. The Bertz CT molecular complexity index is 1150. The third-order valence-electron chi connectivity index (χ3n) is 7.35. The molecule has 5 rings (SSSR count). The Balaban J connectivity index is 0.926. The van der Waals surface area contributed by atoms with E-state index < -0.39 is 0 Å². The van der Waals surface area contributed by atoms with Gasteiger partial charge in [-0.25, -0.2) is 0 Å². The summed E-state index contributed by atoms with van der Waals surface area (Å²) >= 11 is 0. The summed E-state index contributed by atoms with van der Waals surface area (Å²) in [7, 11) is 0. The second-order valence-corrected chi connectivity index (χ2v) is 9.91. The average Bonchev–Trinajstić information content (AvgIpc) is 3.39. The Hall–Kier alpha value is -3.09. The van der Waals surface area contributed by atoms with Crippen molar-refractivity contribution in [2.24, 2.45) is 5.92 Å². The molecule has 0 radical (unpaired) electrons. The van der Waals surface area contributed by atoms with Crippen LogP contribution >= 0.6 is 0 Å². The highest BCUT2D eigenvalue weighted by Crippen LogP contribution is 2.32. The molecular formula is C30H37N3O3. The van der Waals surface area contributed by atoms with E-state index in [9.17, 15) is 4.79 Å². The van der Waals surface area contributed by atoms with Crippen LogP contribution in [0.3, 0.4) is 0 Å². The van der Waals surface area contributed by atoms with Gasteiger partial charge in [-0.1, -0.05) is 48.5 Å². The van der Waals surface area contributed by atoms with Crippen molar-refractivity contribution in [3.05, 3.63) is 71.8 Å². The number of piperidine rings is 1. The van der Waals surface area contributed by atoms with Crippen LogP contribution < -0.4 is 20.1 Å². The van der Waals surface area contributed by atoms with Crippen LogP contribution in [-0.4, -0.2) is 50.3 Å². The van der Waals surface area contributed by atoms with Crippen molar-refractivity contribution in [3.63, 3.8) is 0 Å². The number of likely N-dealkylation sites (tertiary alicyclic amines) is 1. The first-order valence-electron chi connectivity index (χ1n) is 13.3. The van der Waals surface area contributed by atoms with E-state index in [1.807, 2.05) is 18.2 Å². The van der Waals surface area contributed by atoms with E-state index in [1.165, 1.54) is 16.3 Å². The lowest BCUT2D eigenvalue weighted by Gasteiger charge is -2.32. The molecule has 190 valence electrons. The number of carbonyl (C=O) groups is 1. The molecule has 0 aliphatic carbocycles. The number of nitrogens with one attached hydrogen (secondary N) is 2. The molecule has 36 heavy (non-hydrogen) atoms. The van der Waals surface area contributed by atoms with E-state index in [4.69, 9.17) is 9.47 Å². The van der Waals surface area contributed by atoms with Crippen LogP contribution in [0.25, 0.3) is 10.8 Å². The molecular weight excluding hydrogens is 450 g/mol. The first kappa shape index (κ1) is 24.6. The van der Waals surface area contributed by atoms with Gasteiger partial charge in [0.25, 0.3) is 0 Å². The highest BCUT2D eigenvalue weighted by Gasteiger charge is 2.23. The molecule has 1 fully saturated rings. The molecule has 0 saturated carbocycles. The van der Waals surface area contributed by atoms with Crippen LogP contribution in [0, 0.1) is 5.92 Å². The quantitative estimate of drug-likeness (QED) is 0.390. The highest BCUT2D eigenvalue weighted by molar-refractivity contribution is 5.90. The van der Waals surface area contributed by atoms with Crippen molar-refractivity contribution in [3.8, 4) is 11.5 Å². The van der Waals surface area contributed by atoms with Crippen molar-refractivity contribution in [2.75, 3.05) is 39.5 Å². The van der Waals surface area contributed by atoms with Gasteiger partial charge in [-0.05, 0) is 85.3 Å². The summed E-state index contributed by atoms with van der Waals surface area (Å²) in [5.41, 5.74) is 2.35. The first-order valence-corrected chi connectivity index (χ1v) is 13.3. The maximum Gasteiger partial charge on any atom is 0.231 e. The van der Waals surface area contributed by atoms with E-state index in [0.29, 0.717) is 19.1 Å². The summed E-state index contributed by atoms with van der Waals surface area (Å²) in [4.78, 5) is 15.0. The molecule has 0 atom stereocenters. The second kappa shape index (κ2) is 12.2. The molecule has 1 saturated heterocycles. The van der Waals surface area contributed by atoms with Gasteiger partial charge in [-0.3, -0.25) is 4.79 Å². The third-order valence-corrected chi connectivity index (χ3v) is 7.35. The van der Waals surface area contributed by atoms with Gasteiger partial charge in [0, 0.05) is 19.6 Å². The normalized spacial score (nSPS) is 15.5. The zero-order valence-corrected chi connectivity index (χ0v) is 21.0. The van der Waals surface area contributed by atoms with Crippen LogP contribution in [0.5, 0.6) is 11.5 Å². The summed E-state index contributed by atoms with van der Waals surface area (Å²) in [6.07, 6.45) is 4.98. The van der Waals surface area contributed by atoms with Gasteiger partial charge in [0.1, 0.15) is 0 Å². The standard InChI is InChI=1S/C30H37N3O3/c34-30(19-26-8-5-7-25-6-1-2-9-27(25)26)33-16-12-23(13-17-33)20-31-14-3-4-15-32-21-24-10-11-28-29(18-24)36-22-35-28/h1-2,5-11,18,23,31-32H,3-4,12-17,19-22H2. The summed E-state index contributed by atoms with van der Waals surface area (Å²) in [5.74, 6) is 2.60. The number of fused-ring (bicyclic) bond motifs is 2. The third kappa shape index (κ3) is 6.37. The minimum Gasteiger partial charge on any atom is -0.454 e. The highest BCUT2D eigenvalue weighted by atomic mass is 16.7. The molecule has 6 heteroatoms. The Morgan fingerprint density at radius 2 is 1.67 bits per heavy atom. The SMILES string of the molecule is O=C(Cc1cccc2ccccc12)N1CCC(CNCCCCNCc2ccc3c(c2)OCO3)CC1.